The van der Waals surface area contributed by atoms with E-state index in [2.05, 4.69) is 4.98 Å². The molecule has 0 atom stereocenters. The Morgan fingerprint density at radius 2 is 1.80 bits per heavy atom. The largest absolute Gasteiger partial charge is 0.332 e. The van der Waals surface area contributed by atoms with Crippen molar-refractivity contribution in [2.24, 2.45) is 0 Å². The number of aromatic amines is 1. The number of rotatable bonds is 4. The molecule has 1 aromatic heterocycles. The van der Waals surface area contributed by atoms with Crippen molar-refractivity contribution in [3.63, 3.8) is 0 Å². The molecule has 4 nitrogen and oxygen atoms in total. The average Bonchev–Trinajstić information content (AvgIpc) is 2.59. The molecule has 0 fully saturated rings. The van der Waals surface area contributed by atoms with Crippen LogP contribution in [0, 0.1) is 0 Å². The van der Waals surface area contributed by atoms with Crippen LogP contribution in [0.3, 0.4) is 0 Å². The van der Waals surface area contributed by atoms with Crippen molar-refractivity contribution in [1.82, 2.24) is 9.88 Å². The highest BCUT2D eigenvalue weighted by molar-refractivity contribution is 6.30. The number of halogens is 1. The Morgan fingerprint density at radius 3 is 2.48 bits per heavy atom. The van der Waals surface area contributed by atoms with Crippen LogP contribution in [0.25, 0.3) is 10.9 Å². The number of pyridine rings is 1. The first-order valence-corrected chi connectivity index (χ1v) is 8.51. The van der Waals surface area contributed by atoms with Gasteiger partial charge in [-0.05, 0) is 55.6 Å². The molecular weight excluding hydrogens is 336 g/mol. The Labute approximate surface area is 151 Å². The van der Waals surface area contributed by atoms with Gasteiger partial charge in [-0.3, -0.25) is 9.59 Å². The third-order valence-corrected chi connectivity index (χ3v) is 4.40. The first-order valence-electron chi connectivity index (χ1n) is 8.13. The van der Waals surface area contributed by atoms with Crippen molar-refractivity contribution < 1.29 is 4.79 Å². The summed E-state index contributed by atoms with van der Waals surface area (Å²) >= 11 is 5.89. The molecule has 0 aliphatic carbocycles. The minimum absolute atomic E-state index is 0.0472. The molecule has 2 aromatic carbocycles. The lowest BCUT2D eigenvalue weighted by molar-refractivity contribution is 0.0689. The number of fused-ring (bicyclic) bond motifs is 1. The molecule has 3 aromatic rings. The number of hydrogen-bond acceptors (Lipinski definition) is 2. The van der Waals surface area contributed by atoms with Crippen LogP contribution < -0.4 is 5.56 Å². The van der Waals surface area contributed by atoms with Crippen molar-refractivity contribution in [3.8, 4) is 0 Å². The Kier molecular flexibility index (Phi) is 4.91. The summed E-state index contributed by atoms with van der Waals surface area (Å²) in [7, 11) is 0. The standard InChI is InChI=1S/C20H19ClN2O2/c1-13(2)23(20(25)14-7-9-17(21)10-8-14)12-16-11-15-5-3-4-6-18(15)22-19(16)24/h3-11,13H,12H2,1-2H3,(H,22,24). The van der Waals surface area contributed by atoms with Gasteiger partial charge in [-0.2, -0.15) is 0 Å². The minimum Gasteiger partial charge on any atom is -0.332 e. The lowest BCUT2D eigenvalue weighted by Gasteiger charge is -2.27. The summed E-state index contributed by atoms with van der Waals surface area (Å²) in [6, 6.07) is 16.2. The third kappa shape index (κ3) is 3.74. The molecule has 1 amide bonds. The van der Waals surface area contributed by atoms with Crippen LogP contribution in [0.15, 0.2) is 59.4 Å². The van der Waals surface area contributed by atoms with Crippen LogP contribution >= 0.6 is 11.6 Å². The maximum absolute atomic E-state index is 12.8. The fraction of sp³-hybridized carbons (Fsp3) is 0.200. The summed E-state index contributed by atoms with van der Waals surface area (Å²) in [5.74, 6) is -0.126. The number of benzene rings is 2. The molecule has 0 saturated carbocycles. The van der Waals surface area contributed by atoms with Crippen LogP contribution in [-0.2, 0) is 6.54 Å². The molecule has 1 N–H and O–H groups in total. The predicted molar refractivity (Wildman–Crippen MR) is 101 cm³/mol. The second-order valence-corrected chi connectivity index (χ2v) is 6.68. The van der Waals surface area contributed by atoms with E-state index in [4.69, 9.17) is 11.6 Å². The van der Waals surface area contributed by atoms with Crippen LogP contribution in [-0.4, -0.2) is 21.8 Å². The summed E-state index contributed by atoms with van der Waals surface area (Å²) in [5.41, 5.74) is 1.73. The van der Waals surface area contributed by atoms with E-state index >= 15 is 0 Å². The number of nitrogens with one attached hydrogen (secondary N) is 1. The Morgan fingerprint density at radius 1 is 1.12 bits per heavy atom. The van der Waals surface area contributed by atoms with Gasteiger partial charge in [-0.1, -0.05) is 29.8 Å². The van der Waals surface area contributed by atoms with E-state index in [-0.39, 0.29) is 24.1 Å². The molecule has 1 heterocycles. The summed E-state index contributed by atoms with van der Waals surface area (Å²) in [5, 5.41) is 1.53. The number of amides is 1. The van der Waals surface area contributed by atoms with Gasteiger partial charge in [0.25, 0.3) is 11.5 Å². The lowest BCUT2D eigenvalue weighted by Crippen LogP contribution is -2.38. The van der Waals surface area contributed by atoms with Crippen molar-refractivity contribution in [2.45, 2.75) is 26.4 Å². The molecule has 0 saturated heterocycles. The van der Waals surface area contributed by atoms with Crippen LogP contribution in [0.2, 0.25) is 5.02 Å². The third-order valence-electron chi connectivity index (χ3n) is 4.15. The maximum Gasteiger partial charge on any atom is 0.254 e. The van der Waals surface area contributed by atoms with Crippen LogP contribution in [0.5, 0.6) is 0 Å². The van der Waals surface area contributed by atoms with E-state index in [1.807, 2.05) is 44.2 Å². The quantitative estimate of drug-likeness (QED) is 0.762. The van der Waals surface area contributed by atoms with Crippen molar-refractivity contribution >= 4 is 28.4 Å². The van der Waals surface area contributed by atoms with Gasteiger partial charge in [0.1, 0.15) is 0 Å². The van der Waals surface area contributed by atoms with Crippen LogP contribution in [0.1, 0.15) is 29.8 Å². The van der Waals surface area contributed by atoms with Gasteiger partial charge in [0.2, 0.25) is 0 Å². The zero-order valence-electron chi connectivity index (χ0n) is 14.1. The van der Waals surface area contributed by atoms with E-state index < -0.39 is 0 Å². The topological polar surface area (TPSA) is 53.2 Å². The number of carbonyl (C=O) groups excluding carboxylic acids is 1. The van der Waals surface area contributed by atoms with E-state index in [1.54, 1.807) is 29.2 Å². The number of carbonyl (C=O) groups is 1. The van der Waals surface area contributed by atoms with Gasteiger partial charge in [0.15, 0.2) is 0 Å². The van der Waals surface area contributed by atoms with Crippen molar-refractivity contribution in [2.75, 3.05) is 0 Å². The molecule has 0 spiro atoms. The lowest BCUT2D eigenvalue weighted by atomic mass is 10.1. The van der Waals surface area contributed by atoms with Crippen molar-refractivity contribution in [1.29, 1.82) is 0 Å². The molecule has 0 radical (unpaired) electrons. The van der Waals surface area contributed by atoms with Gasteiger partial charge in [0, 0.05) is 27.7 Å². The highest BCUT2D eigenvalue weighted by atomic mass is 35.5. The molecule has 0 aliphatic heterocycles. The summed E-state index contributed by atoms with van der Waals surface area (Å²) in [4.78, 5) is 29.8. The Balaban J connectivity index is 1.94. The average molecular weight is 355 g/mol. The first kappa shape index (κ1) is 17.2. The second kappa shape index (κ2) is 7.11. The number of para-hydroxylation sites is 1. The molecule has 0 aliphatic rings. The second-order valence-electron chi connectivity index (χ2n) is 6.24. The number of H-pyrrole nitrogens is 1. The molecule has 3 rings (SSSR count). The van der Waals surface area contributed by atoms with Crippen molar-refractivity contribution in [3.05, 3.63) is 81.1 Å². The van der Waals surface area contributed by atoms with Gasteiger partial charge in [-0.15, -0.1) is 0 Å². The van der Waals surface area contributed by atoms with Crippen LogP contribution in [0.4, 0.5) is 0 Å². The monoisotopic (exact) mass is 354 g/mol. The Hall–Kier alpha value is -2.59. The SMILES string of the molecule is CC(C)N(Cc1cc2ccccc2[nH]c1=O)C(=O)c1ccc(Cl)cc1. The molecule has 5 heteroatoms. The zero-order valence-corrected chi connectivity index (χ0v) is 14.9. The van der Waals surface area contributed by atoms with E-state index in [1.165, 1.54) is 0 Å². The Bertz CT molecular complexity index is 961. The normalized spacial score (nSPS) is 11.0. The molecule has 128 valence electrons. The van der Waals surface area contributed by atoms with E-state index in [9.17, 15) is 9.59 Å². The minimum atomic E-state index is -0.173. The summed E-state index contributed by atoms with van der Waals surface area (Å²) < 4.78 is 0. The predicted octanol–water partition coefficient (Wildman–Crippen LogP) is 4.23. The van der Waals surface area contributed by atoms with Gasteiger partial charge in [0.05, 0.1) is 6.54 Å². The molecular formula is C20H19ClN2O2. The zero-order chi connectivity index (χ0) is 18.0. The van der Waals surface area contributed by atoms with Gasteiger partial charge in [-0.25, -0.2) is 0 Å². The van der Waals surface area contributed by atoms with Gasteiger partial charge < -0.3 is 9.88 Å². The number of aromatic nitrogens is 1. The smallest absolute Gasteiger partial charge is 0.254 e. The molecule has 0 bridgehead atoms. The fourth-order valence-electron chi connectivity index (χ4n) is 2.74. The summed E-state index contributed by atoms with van der Waals surface area (Å²) in [6.07, 6.45) is 0. The summed E-state index contributed by atoms with van der Waals surface area (Å²) in [6.45, 7) is 4.12. The van der Waals surface area contributed by atoms with Gasteiger partial charge >= 0.3 is 0 Å². The molecule has 0 unspecified atom stereocenters. The number of nitrogens with zero attached hydrogens (tertiary/aromatic N) is 1. The highest BCUT2D eigenvalue weighted by Gasteiger charge is 2.20. The molecule has 25 heavy (non-hydrogen) atoms. The highest BCUT2D eigenvalue weighted by Crippen LogP contribution is 2.16. The maximum atomic E-state index is 12.8. The fourth-order valence-corrected chi connectivity index (χ4v) is 2.87. The number of hydrogen-bond donors (Lipinski definition) is 1. The van der Waals surface area contributed by atoms with E-state index in [0.29, 0.717) is 16.1 Å². The first-order chi connectivity index (χ1) is 12.0. The van der Waals surface area contributed by atoms with E-state index in [0.717, 1.165) is 10.9 Å².